The van der Waals surface area contributed by atoms with E-state index in [0.717, 1.165) is 24.4 Å². The summed E-state index contributed by atoms with van der Waals surface area (Å²) < 4.78 is 0. The van der Waals surface area contributed by atoms with Gasteiger partial charge in [0.15, 0.2) is 0 Å². The molecular weight excluding hydrogens is 268 g/mol. The van der Waals surface area contributed by atoms with Gasteiger partial charge >= 0.3 is 0 Å². The highest BCUT2D eigenvalue weighted by atomic mass is 32.2. The van der Waals surface area contributed by atoms with Crippen molar-refractivity contribution in [3.05, 3.63) is 16.6 Å². The number of rotatable bonds is 5. The third-order valence-corrected chi connectivity index (χ3v) is 4.80. The van der Waals surface area contributed by atoms with Gasteiger partial charge in [0, 0.05) is 30.1 Å². The van der Waals surface area contributed by atoms with E-state index in [2.05, 4.69) is 4.98 Å². The van der Waals surface area contributed by atoms with Gasteiger partial charge in [0.25, 0.3) is 0 Å². The number of nitrogens with zero attached hydrogens (tertiary/aromatic N) is 2. The number of hydrogen-bond acceptors (Lipinski definition) is 5. The average Bonchev–Trinajstić information content (AvgIpc) is 2.99. The lowest BCUT2D eigenvalue weighted by Gasteiger charge is -2.17. The van der Waals surface area contributed by atoms with E-state index in [1.54, 1.807) is 30.0 Å². The molecule has 2 rings (SSSR count). The molecule has 18 heavy (non-hydrogen) atoms. The highest BCUT2D eigenvalue weighted by Gasteiger charge is 2.28. The molecule has 1 aliphatic rings. The number of likely N-dealkylation sites (tertiary alicyclic amines) is 1. The van der Waals surface area contributed by atoms with E-state index < -0.39 is 0 Å². The second-order valence-electron chi connectivity index (χ2n) is 4.60. The predicted octanol–water partition coefficient (Wildman–Crippen LogP) is 1.61. The number of carbonyl (C=O) groups excluding carboxylic acids is 1. The minimum absolute atomic E-state index is 0.179. The molecule has 0 radical (unpaired) electrons. The lowest BCUT2D eigenvalue weighted by molar-refractivity contribution is -0.127. The van der Waals surface area contributed by atoms with Gasteiger partial charge in [-0.05, 0) is 13.3 Å². The van der Waals surface area contributed by atoms with E-state index in [-0.39, 0.29) is 17.9 Å². The molecule has 0 saturated carbocycles. The summed E-state index contributed by atoms with van der Waals surface area (Å²) in [6, 6.07) is 0. The standard InChI is InChI=1S/C12H18N2O2S2/c1-9(15)10-2-3-14(4-10)12(16)7-17-5-11-6-18-8-13-11/h6,8-10,15H,2-5,7H2,1H3. The van der Waals surface area contributed by atoms with Gasteiger partial charge in [0.2, 0.25) is 5.91 Å². The molecule has 4 nitrogen and oxygen atoms in total. The molecule has 1 aromatic heterocycles. The van der Waals surface area contributed by atoms with Crippen molar-refractivity contribution in [2.75, 3.05) is 18.8 Å². The van der Waals surface area contributed by atoms with Gasteiger partial charge in [-0.3, -0.25) is 4.79 Å². The topological polar surface area (TPSA) is 53.4 Å². The zero-order chi connectivity index (χ0) is 13.0. The van der Waals surface area contributed by atoms with E-state index >= 15 is 0 Å². The second-order valence-corrected chi connectivity index (χ2v) is 6.31. The largest absolute Gasteiger partial charge is 0.393 e. The average molecular weight is 286 g/mol. The van der Waals surface area contributed by atoms with Gasteiger partial charge in [-0.15, -0.1) is 23.1 Å². The van der Waals surface area contributed by atoms with Crippen LogP contribution in [0.3, 0.4) is 0 Å². The maximum atomic E-state index is 11.9. The summed E-state index contributed by atoms with van der Waals surface area (Å²) in [6.45, 7) is 3.29. The van der Waals surface area contributed by atoms with Crippen LogP contribution in [-0.2, 0) is 10.5 Å². The van der Waals surface area contributed by atoms with E-state index in [4.69, 9.17) is 0 Å². The predicted molar refractivity (Wildman–Crippen MR) is 74.6 cm³/mol. The minimum atomic E-state index is -0.314. The van der Waals surface area contributed by atoms with Crippen molar-refractivity contribution >= 4 is 29.0 Å². The first-order valence-corrected chi connectivity index (χ1v) is 8.17. The molecule has 1 amide bonds. The number of carbonyl (C=O) groups is 1. The molecule has 0 spiro atoms. The van der Waals surface area contributed by atoms with Crippen LogP contribution in [0.1, 0.15) is 19.0 Å². The van der Waals surface area contributed by atoms with Gasteiger partial charge in [-0.25, -0.2) is 4.98 Å². The molecule has 1 aromatic rings. The van der Waals surface area contributed by atoms with Crippen molar-refractivity contribution in [2.45, 2.75) is 25.2 Å². The molecule has 100 valence electrons. The molecule has 2 unspecified atom stereocenters. The van der Waals surface area contributed by atoms with E-state index in [9.17, 15) is 9.90 Å². The highest BCUT2D eigenvalue weighted by molar-refractivity contribution is 7.99. The molecule has 2 heterocycles. The van der Waals surface area contributed by atoms with Crippen LogP contribution >= 0.6 is 23.1 Å². The number of aromatic nitrogens is 1. The van der Waals surface area contributed by atoms with Gasteiger partial charge in [0.1, 0.15) is 0 Å². The summed E-state index contributed by atoms with van der Waals surface area (Å²) >= 11 is 3.19. The van der Waals surface area contributed by atoms with Crippen LogP contribution in [0.2, 0.25) is 0 Å². The first kappa shape index (κ1) is 13.8. The van der Waals surface area contributed by atoms with Crippen molar-refractivity contribution in [1.29, 1.82) is 0 Å². The Bertz CT molecular complexity index is 381. The molecule has 6 heteroatoms. The number of amides is 1. The molecule has 1 N–H and O–H groups in total. The summed E-state index contributed by atoms with van der Waals surface area (Å²) in [6.07, 6.45) is 0.602. The molecule has 1 aliphatic heterocycles. The summed E-state index contributed by atoms with van der Waals surface area (Å²) in [5, 5.41) is 11.5. The van der Waals surface area contributed by atoms with E-state index in [1.807, 2.05) is 15.8 Å². The molecular formula is C12H18N2O2S2. The molecule has 1 saturated heterocycles. The maximum Gasteiger partial charge on any atom is 0.232 e. The van der Waals surface area contributed by atoms with Crippen molar-refractivity contribution in [1.82, 2.24) is 9.88 Å². The van der Waals surface area contributed by atoms with Crippen molar-refractivity contribution in [2.24, 2.45) is 5.92 Å². The van der Waals surface area contributed by atoms with Crippen LogP contribution in [0.25, 0.3) is 0 Å². The van der Waals surface area contributed by atoms with Crippen LogP contribution in [0.15, 0.2) is 10.9 Å². The SMILES string of the molecule is CC(O)C1CCN(C(=O)CSCc2cscn2)C1. The number of thioether (sulfide) groups is 1. The molecule has 0 aliphatic carbocycles. The Kier molecular flexibility index (Phi) is 5.03. The van der Waals surface area contributed by atoms with Crippen LogP contribution < -0.4 is 0 Å². The summed E-state index contributed by atoms with van der Waals surface area (Å²) in [4.78, 5) is 18.0. The zero-order valence-corrected chi connectivity index (χ0v) is 12.0. The number of hydrogen-bond donors (Lipinski definition) is 1. The van der Waals surface area contributed by atoms with Crippen LogP contribution in [0.5, 0.6) is 0 Å². The quantitative estimate of drug-likeness (QED) is 0.893. The normalized spacial score (nSPS) is 21.2. The Morgan fingerprint density at radius 3 is 3.22 bits per heavy atom. The Balaban J connectivity index is 1.69. The van der Waals surface area contributed by atoms with Gasteiger partial charge in [-0.2, -0.15) is 0 Å². The minimum Gasteiger partial charge on any atom is -0.393 e. The molecule has 0 aromatic carbocycles. The van der Waals surface area contributed by atoms with Crippen molar-refractivity contribution in [3.63, 3.8) is 0 Å². The molecule has 0 bridgehead atoms. The lowest BCUT2D eigenvalue weighted by atomic mass is 10.0. The Labute approximate surface area is 115 Å². The Morgan fingerprint density at radius 1 is 1.78 bits per heavy atom. The summed E-state index contributed by atoms with van der Waals surface area (Å²) in [5.41, 5.74) is 2.85. The summed E-state index contributed by atoms with van der Waals surface area (Å²) in [5.74, 6) is 1.73. The Morgan fingerprint density at radius 2 is 2.61 bits per heavy atom. The van der Waals surface area contributed by atoms with Gasteiger partial charge in [-0.1, -0.05) is 0 Å². The zero-order valence-electron chi connectivity index (χ0n) is 10.4. The fraction of sp³-hybridized carbons (Fsp3) is 0.667. The van der Waals surface area contributed by atoms with Gasteiger partial charge < -0.3 is 10.0 Å². The van der Waals surface area contributed by atoms with Crippen LogP contribution in [0.4, 0.5) is 0 Å². The molecule has 1 fully saturated rings. The monoisotopic (exact) mass is 286 g/mol. The lowest BCUT2D eigenvalue weighted by Crippen LogP contribution is -2.31. The van der Waals surface area contributed by atoms with Crippen molar-refractivity contribution < 1.29 is 9.90 Å². The van der Waals surface area contributed by atoms with Crippen LogP contribution in [-0.4, -0.2) is 45.8 Å². The number of aliphatic hydroxyl groups is 1. The van der Waals surface area contributed by atoms with Crippen LogP contribution in [0, 0.1) is 5.92 Å². The van der Waals surface area contributed by atoms with Gasteiger partial charge in [0.05, 0.1) is 23.1 Å². The number of aliphatic hydroxyl groups excluding tert-OH is 1. The number of thiazole rings is 1. The fourth-order valence-corrected chi connectivity index (χ4v) is 3.54. The Hall–Kier alpha value is -0.590. The maximum absolute atomic E-state index is 11.9. The molecule has 2 atom stereocenters. The third-order valence-electron chi connectivity index (χ3n) is 3.22. The second kappa shape index (κ2) is 6.54. The highest BCUT2D eigenvalue weighted by Crippen LogP contribution is 2.21. The fourth-order valence-electron chi connectivity index (χ4n) is 2.05. The van der Waals surface area contributed by atoms with E-state index in [1.165, 1.54) is 0 Å². The first-order valence-electron chi connectivity index (χ1n) is 6.07. The van der Waals surface area contributed by atoms with Crippen molar-refractivity contribution in [3.8, 4) is 0 Å². The summed E-state index contributed by atoms with van der Waals surface area (Å²) in [7, 11) is 0. The first-order chi connectivity index (χ1) is 8.66. The smallest absolute Gasteiger partial charge is 0.232 e. The third kappa shape index (κ3) is 3.70. The van der Waals surface area contributed by atoms with E-state index in [0.29, 0.717) is 12.3 Å².